The van der Waals surface area contributed by atoms with Gasteiger partial charge in [0, 0.05) is 16.4 Å². The highest BCUT2D eigenvalue weighted by molar-refractivity contribution is 9.10. The number of rotatable bonds is 8. The van der Waals surface area contributed by atoms with Crippen LogP contribution in [0.1, 0.15) is 6.92 Å². The van der Waals surface area contributed by atoms with Crippen LogP contribution in [-0.4, -0.2) is 24.5 Å². The summed E-state index contributed by atoms with van der Waals surface area (Å²) in [6, 6.07) is 16.7. The lowest BCUT2D eigenvalue weighted by Crippen LogP contribution is -2.30. The monoisotopic (exact) mass is 570 g/mol. The smallest absolute Gasteiger partial charge is 0.265 e. The minimum atomic E-state index is -0.763. The van der Waals surface area contributed by atoms with Gasteiger partial charge in [0.25, 0.3) is 11.8 Å². The van der Waals surface area contributed by atoms with Gasteiger partial charge in [0.05, 0.1) is 14.5 Å². The number of anilines is 2. The van der Waals surface area contributed by atoms with Crippen molar-refractivity contribution in [3.05, 3.63) is 80.2 Å². The average molecular weight is 573 g/mol. The predicted octanol–water partition coefficient (Wildman–Crippen LogP) is 6.83. The molecule has 0 saturated carbocycles. The van der Waals surface area contributed by atoms with E-state index in [1.807, 2.05) is 0 Å². The molecule has 0 aliphatic heterocycles. The lowest BCUT2D eigenvalue weighted by Gasteiger charge is -2.16. The van der Waals surface area contributed by atoms with Gasteiger partial charge in [-0.25, -0.2) is 0 Å². The molecule has 3 aromatic rings. The van der Waals surface area contributed by atoms with Gasteiger partial charge in [0.2, 0.25) is 0 Å². The van der Waals surface area contributed by atoms with Crippen LogP contribution in [-0.2, 0) is 9.59 Å². The van der Waals surface area contributed by atoms with E-state index in [9.17, 15) is 9.59 Å². The van der Waals surface area contributed by atoms with Crippen LogP contribution >= 0.6 is 50.7 Å². The molecule has 0 radical (unpaired) electrons. The van der Waals surface area contributed by atoms with E-state index < -0.39 is 6.10 Å². The molecule has 0 heterocycles. The van der Waals surface area contributed by atoms with E-state index in [4.69, 9.17) is 44.3 Å². The van der Waals surface area contributed by atoms with E-state index >= 15 is 0 Å². The van der Waals surface area contributed by atoms with Crippen molar-refractivity contribution in [3.8, 4) is 11.5 Å². The zero-order valence-electron chi connectivity index (χ0n) is 17.2. The van der Waals surface area contributed by atoms with Gasteiger partial charge in [-0.05, 0) is 71.4 Å². The maximum atomic E-state index is 12.4. The highest BCUT2D eigenvalue weighted by Crippen LogP contribution is 2.36. The fourth-order valence-corrected chi connectivity index (χ4v) is 4.22. The van der Waals surface area contributed by atoms with Crippen molar-refractivity contribution in [3.63, 3.8) is 0 Å². The maximum Gasteiger partial charge on any atom is 0.265 e. The Hall–Kier alpha value is -2.45. The van der Waals surface area contributed by atoms with Crippen LogP contribution in [0.5, 0.6) is 11.5 Å². The fourth-order valence-electron chi connectivity index (χ4n) is 2.67. The van der Waals surface area contributed by atoms with E-state index in [1.54, 1.807) is 61.5 Å². The molecule has 0 aliphatic rings. The average Bonchev–Trinajstić information content (AvgIpc) is 2.76. The van der Waals surface area contributed by atoms with E-state index in [0.717, 1.165) is 0 Å². The summed E-state index contributed by atoms with van der Waals surface area (Å²) in [4.78, 5) is 24.6. The Labute approximate surface area is 214 Å². The van der Waals surface area contributed by atoms with Crippen LogP contribution in [0, 0.1) is 0 Å². The predicted molar refractivity (Wildman–Crippen MR) is 135 cm³/mol. The summed E-state index contributed by atoms with van der Waals surface area (Å²) in [6.45, 7) is 1.37. The Morgan fingerprint density at radius 2 is 1.58 bits per heavy atom. The molecule has 33 heavy (non-hydrogen) atoms. The molecule has 0 aromatic heterocycles. The molecule has 1 atom stereocenters. The number of carbonyl (C=O) groups is 2. The molecule has 0 fully saturated rings. The van der Waals surface area contributed by atoms with E-state index in [0.29, 0.717) is 37.4 Å². The van der Waals surface area contributed by atoms with Crippen LogP contribution in [0.25, 0.3) is 0 Å². The van der Waals surface area contributed by atoms with Crippen molar-refractivity contribution in [2.45, 2.75) is 13.0 Å². The summed E-state index contributed by atoms with van der Waals surface area (Å²) >= 11 is 21.4. The van der Waals surface area contributed by atoms with Crippen LogP contribution in [0.2, 0.25) is 15.1 Å². The molecule has 2 N–H and O–H groups in total. The molecule has 0 saturated heterocycles. The zero-order valence-corrected chi connectivity index (χ0v) is 21.1. The fraction of sp³-hybridized carbons (Fsp3) is 0.130. The number of carbonyl (C=O) groups excluding carboxylic acids is 2. The van der Waals surface area contributed by atoms with Crippen LogP contribution in [0.4, 0.5) is 11.4 Å². The molecule has 172 valence electrons. The van der Waals surface area contributed by atoms with Crippen molar-refractivity contribution >= 4 is 73.9 Å². The molecule has 2 amide bonds. The highest BCUT2D eigenvalue weighted by Gasteiger charge is 2.16. The number of ether oxygens (including phenoxy) is 2. The standard InChI is InChI=1S/C23H18BrCl3N2O4/c1-13(33-20-5-3-2-4-18(20)26)23(31)29-16-8-6-15(7-9-16)28-21(30)12-32-22-17(24)10-14(25)11-19(22)27/h2-11,13H,12H2,1H3,(H,28,30)(H,29,31). The largest absolute Gasteiger partial charge is 0.481 e. The van der Waals surface area contributed by atoms with Crippen molar-refractivity contribution in [1.82, 2.24) is 0 Å². The Morgan fingerprint density at radius 1 is 0.939 bits per heavy atom. The van der Waals surface area contributed by atoms with Gasteiger partial charge in [0.1, 0.15) is 5.75 Å². The van der Waals surface area contributed by atoms with Crippen molar-refractivity contribution in [2.75, 3.05) is 17.2 Å². The quantitative estimate of drug-likeness (QED) is 0.310. The lowest BCUT2D eigenvalue weighted by molar-refractivity contribution is -0.122. The maximum absolute atomic E-state index is 12.4. The highest BCUT2D eigenvalue weighted by atomic mass is 79.9. The number of halogens is 4. The van der Waals surface area contributed by atoms with Gasteiger partial charge in [0.15, 0.2) is 18.5 Å². The summed E-state index contributed by atoms with van der Waals surface area (Å²) in [5.41, 5.74) is 1.07. The summed E-state index contributed by atoms with van der Waals surface area (Å²) in [5.74, 6) is 0.0217. The number of hydrogen-bond acceptors (Lipinski definition) is 4. The van der Waals surface area contributed by atoms with E-state index in [2.05, 4.69) is 26.6 Å². The number of para-hydroxylation sites is 1. The zero-order chi connectivity index (χ0) is 24.0. The molecule has 3 rings (SSSR count). The number of amides is 2. The van der Waals surface area contributed by atoms with E-state index in [-0.39, 0.29) is 23.4 Å². The van der Waals surface area contributed by atoms with Crippen LogP contribution < -0.4 is 20.1 Å². The van der Waals surface area contributed by atoms with Gasteiger partial charge >= 0.3 is 0 Å². The first-order valence-electron chi connectivity index (χ1n) is 9.62. The van der Waals surface area contributed by atoms with Crippen LogP contribution in [0.15, 0.2) is 65.1 Å². The second-order valence-corrected chi connectivity index (χ2v) is 8.90. The Bertz CT molecular complexity index is 1140. The normalized spacial score (nSPS) is 11.4. The third kappa shape index (κ3) is 7.27. The van der Waals surface area contributed by atoms with Gasteiger partial charge in [-0.3, -0.25) is 9.59 Å². The third-order valence-corrected chi connectivity index (χ3v) is 5.66. The second kappa shape index (κ2) is 11.6. The molecule has 1 unspecified atom stereocenters. The minimum Gasteiger partial charge on any atom is -0.481 e. The minimum absolute atomic E-state index is 0.255. The van der Waals surface area contributed by atoms with Crippen LogP contribution in [0.3, 0.4) is 0 Å². The first-order valence-corrected chi connectivity index (χ1v) is 11.5. The molecule has 0 aliphatic carbocycles. The lowest BCUT2D eigenvalue weighted by atomic mass is 10.2. The molecule has 0 bridgehead atoms. The first kappa shape index (κ1) is 25.2. The molecular weight excluding hydrogens is 555 g/mol. The number of benzene rings is 3. The first-order chi connectivity index (χ1) is 15.7. The van der Waals surface area contributed by atoms with Gasteiger partial charge < -0.3 is 20.1 Å². The summed E-state index contributed by atoms with van der Waals surface area (Å²) in [6.07, 6.45) is -0.763. The van der Waals surface area contributed by atoms with Gasteiger partial charge in [-0.2, -0.15) is 0 Å². The van der Waals surface area contributed by atoms with Gasteiger partial charge in [-0.1, -0.05) is 46.9 Å². The van der Waals surface area contributed by atoms with Crippen molar-refractivity contribution in [2.24, 2.45) is 0 Å². The van der Waals surface area contributed by atoms with E-state index in [1.165, 1.54) is 6.07 Å². The third-order valence-electron chi connectivity index (χ3n) is 4.26. The topological polar surface area (TPSA) is 76.7 Å². The SMILES string of the molecule is CC(Oc1ccccc1Cl)C(=O)Nc1ccc(NC(=O)COc2c(Cl)cc(Cl)cc2Br)cc1. The molecule has 10 heteroatoms. The summed E-state index contributed by atoms with van der Waals surface area (Å²) in [5, 5.41) is 6.61. The number of nitrogens with one attached hydrogen (secondary N) is 2. The Morgan fingerprint density at radius 3 is 2.21 bits per heavy atom. The van der Waals surface area contributed by atoms with Crippen molar-refractivity contribution < 1.29 is 19.1 Å². The van der Waals surface area contributed by atoms with Gasteiger partial charge in [-0.15, -0.1) is 0 Å². The number of hydrogen-bond donors (Lipinski definition) is 2. The molecule has 6 nitrogen and oxygen atoms in total. The second-order valence-electron chi connectivity index (χ2n) is 6.79. The Balaban J connectivity index is 1.51. The summed E-state index contributed by atoms with van der Waals surface area (Å²) in [7, 11) is 0. The summed E-state index contributed by atoms with van der Waals surface area (Å²) < 4.78 is 11.6. The Kier molecular flexibility index (Phi) is 8.86. The van der Waals surface area contributed by atoms with Crippen molar-refractivity contribution in [1.29, 1.82) is 0 Å². The molecular formula is C23H18BrCl3N2O4. The molecule has 3 aromatic carbocycles. The molecule has 0 spiro atoms.